The minimum Gasteiger partial charge on any atom is -0.302 e. The van der Waals surface area contributed by atoms with Crippen molar-refractivity contribution in [2.75, 3.05) is 32.6 Å². The summed E-state index contributed by atoms with van der Waals surface area (Å²) >= 11 is 0. The van der Waals surface area contributed by atoms with Gasteiger partial charge < -0.3 is 10.2 Å². The van der Waals surface area contributed by atoms with Crippen molar-refractivity contribution in [3.05, 3.63) is 0 Å². The molecule has 17 heavy (non-hydrogen) atoms. The second-order valence-corrected chi connectivity index (χ2v) is 7.21. The number of sulfone groups is 1. The zero-order valence-corrected chi connectivity index (χ0v) is 11.5. The Balaban J connectivity index is 2.51. The molecule has 1 rings (SSSR count). The van der Waals surface area contributed by atoms with Crippen LogP contribution in [0.15, 0.2) is 0 Å². The molecule has 0 amide bonds. The third-order valence-corrected chi connectivity index (χ3v) is 4.54. The summed E-state index contributed by atoms with van der Waals surface area (Å²) < 4.78 is 22.2. The molecule has 0 aromatic rings. The summed E-state index contributed by atoms with van der Waals surface area (Å²) in [5, 5.41) is 12.2. The largest absolute Gasteiger partial charge is 0.302 e. The molecular weight excluding hydrogens is 238 g/mol. The molecule has 5 nitrogen and oxygen atoms in total. The molecule has 0 aromatic heterocycles. The molecule has 1 saturated carbocycles. The Morgan fingerprint density at radius 1 is 1.59 bits per heavy atom. The lowest BCUT2D eigenvalue weighted by molar-refractivity contribution is 0.250. The molecule has 0 aliphatic heterocycles. The maximum atomic E-state index is 11.1. The fourth-order valence-electron chi connectivity index (χ4n) is 2.27. The van der Waals surface area contributed by atoms with Crippen molar-refractivity contribution in [2.24, 2.45) is 0 Å². The average Bonchev–Trinajstić information content (AvgIpc) is 2.70. The highest BCUT2D eigenvalue weighted by atomic mass is 32.2. The van der Waals surface area contributed by atoms with Crippen molar-refractivity contribution in [3.63, 3.8) is 0 Å². The third kappa shape index (κ3) is 3.95. The van der Waals surface area contributed by atoms with Crippen LogP contribution < -0.4 is 5.32 Å². The average molecular weight is 259 g/mol. The van der Waals surface area contributed by atoms with E-state index in [0.717, 1.165) is 19.3 Å². The number of nitriles is 1. The first-order valence-corrected chi connectivity index (χ1v) is 7.86. The van der Waals surface area contributed by atoms with Gasteiger partial charge in [-0.25, -0.2) is 8.42 Å². The maximum absolute atomic E-state index is 11.1. The monoisotopic (exact) mass is 259 g/mol. The van der Waals surface area contributed by atoms with Crippen LogP contribution in [0.5, 0.6) is 0 Å². The fourth-order valence-corrected chi connectivity index (χ4v) is 2.89. The maximum Gasteiger partial charge on any atom is 0.148 e. The second-order valence-electron chi connectivity index (χ2n) is 4.95. The SMILES string of the molecule is CNC1(C#N)CCC(N(C)CCS(C)(=O)=O)C1. The minimum absolute atomic E-state index is 0.180. The summed E-state index contributed by atoms with van der Waals surface area (Å²) in [5.74, 6) is 0.180. The summed E-state index contributed by atoms with van der Waals surface area (Å²) in [6, 6.07) is 2.62. The molecule has 1 aliphatic rings. The van der Waals surface area contributed by atoms with Crippen LogP contribution in [0.3, 0.4) is 0 Å². The molecule has 0 saturated heterocycles. The number of hydrogen-bond acceptors (Lipinski definition) is 5. The van der Waals surface area contributed by atoms with Crippen molar-refractivity contribution in [3.8, 4) is 6.07 Å². The highest BCUT2D eigenvalue weighted by Gasteiger charge is 2.39. The Bertz CT molecular complexity index is 401. The van der Waals surface area contributed by atoms with E-state index in [1.165, 1.54) is 6.26 Å². The van der Waals surface area contributed by atoms with Crippen LogP contribution >= 0.6 is 0 Å². The van der Waals surface area contributed by atoms with E-state index in [4.69, 9.17) is 5.26 Å². The summed E-state index contributed by atoms with van der Waals surface area (Å²) in [6.45, 7) is 0.536. The van der Waals surface area contributed by atoms with Crippen LogP contribution in [0, 0.1) is 11.3 Å². The van der Waals surface area contributed by atoms with Crippen LogP contribution in [-0.2, 0) is 9.84 Å². The number of hydrogen-bond donors (Lipinski definition) is 1. The summed E-state index contributed by atoms with van der Waals surface area (Å²) in [5.41, 5.74) is -0.427. The molecule has 6 heteroatoms. The lowest BCUT2D eigenvalue weighted by atomic mass is 10.00. The van der Waals surface area contributed by atoms with E-state index < -0.39 is 15.4 Å². The molecular formula is C11H21N3O2S. The van der Waals surface area contributed by atoms with Gasteiger partial charge in [0.1, 0.15) is 15.4 Å². The summed E-state index contributed by atoms with van der Waals surface area (Å²) in [7, 11) is 0.826. The Morgan fingerprint density at radius 3 is 2.65 bits per heavy atom. The molecule has 0 radical (unpaired) electrons. The van der Waals surface area contributed by atoms with Gasteiger partial charge in [0.15, 0.2) is 0 Å². The van der Waals surface area contributed by atoms with Gasteiger partial charge in [-0.1, -0.05) is 0 Å². The third-order valence-electron chi connectivity index (χ3n) is 3.62. The van der Waals surface area contributed by atoms with Gasteiger partial charge >= 0.3 is 0 Å². The first-order chi connectivity index (χ1) is 7.82. The molecule has 2 unspecified atom stereocenters. The standard InChI is InChI=1S/C11H21N3O2S/c1-13-11(9-12)5-4-10(8-11)14(2)6-7-17(3,15)16/h10,13H,4-8H2,1-3H3. The van der Waals surface area contributed by atoms with E-state index in [1.54, 1.807) is 0 Å². The topological polar surface area (TPSA) is 73.2 Å². The highest BCUT2D eigenvalue weighted by molar-refractivity contribution is 7.90. The van der Waals surface area contributed by atoms with Crippen molar-refractivity contribution in [1.82, 2.24) is 10.2 Å². The van der Waals surface area contributed by atoms with Crippen LogP contribution in [0.4, 0.5) is 0 Å². The molecule has 1 aliphatic carbocycles. The molecule has 0 spiro atoms. The van der Waals surface area contributed by atoms with Crippen LogP contribution in [0.1, 0.15) is 19.3 Å². The van der Waals surface area contributed by atoms with Gasteiger partial charge in [0.25, 0.3) is 0 Å². The van der Waals surface area contributed by atoms with Gasteiger partial charge in [0.2, 0.25) is 0 Å². The van der Waals surface area contributed by atoms with E-state index in [2.05, 4.69) is 16.3 Å². The van der Waals surface area contributed by atoms with Gasteiger partial charge in [0.05, 0.1) is 11.8 Å². The Kier molecular flexibility index (Phi) is 4.53. The Labute approximate surface area is 104 Å². The molecule has 1 N–H and O–H groups in total. The highest BCUT2D eigenvalue weighted by Crippen LogP contribution is 2.31. The van der Waals surface area contributed by atoms with E-state index in [9.17, 15) is 8.42 Å². The smallest absolute Gasteiger partial charge is 0.148 e. The molecule has 1 fully saturated rings. The van der Waals surface area contributed by atoms with Crippen LogP contribution in [-0.4, -0.2) is 57.5 Å². The van der Waals surface area contributed by atoms with Gasteiger partial charge in [0, 0.05) is 18.8 Å². The predicted octanol–water partition coefficient (Wildman–Crippen LogP) is -0.00292. The lowest BCUT2D eigenvalue weighted by Crippen LogP contribution is -2.41. The number of nitrogens with one attached hydrogen (secondary N) is 1. The van der Waals surface area contributed by atoms with Crippen molar-refractivity contribution in [1.29, 1.82) is 5.26 Å². The van der Waals surface area contributed by atoms with Crippen LogP contribution in [0.25, 0.3) is 0 Å². The summed E-state index contributed by atoms with van der Waals surface area (Å²) in [4.78, 5) is 2.05. The fraction of sp³-hybridized carbons (Fsp3) is 0.909. The first-order valence-electron chi connectivity index (χ1n) is 5.80. The van der Waals surface area contributed by atoms with Crippen molar-refractivity contribution >= 4 is 9.84 Å². The van der Waals surface area contributed by atoms with Gasteiger partial charge in [-0.15, -0.1) is 0 Å². The predicted molar refractivity (Wildman–Crippen MR) is 67.4 cm³/mol. The van der Waals surface area contributed by atoms with E-state index in [-0.39, 0.29) is 5.75 Å². The number of rotatable bonds is 5. The van der Waals surface area contributed by atoms with Gasteiger partial charge in [-0.2, -0.15) is 5.26 Å². The van der Waals surface area contributed by atoms with Crippen molar-refractivity contribution in [2.45, 2.75) is 30.8 Å². The molecule has 0 aromatic carbocycles. The normalized spacial score (nSPS) is 29.5. The van der Waals surface area contributed by atoms with E-state index >= 15 is 0 Å². The molecule has 98 valence electrons. The zero-order chi connectivity index (χ0) is 13.1. The van der Waals surface area contributed by atoms with Gasteiger partial charge in [-0.3, -0.25) is 0 Å². The van der Waals surface area contributed by atoms with E-state index in [0.29, 0.717) is 12.6 Å². The number of nitrogens with zero attached hydrogens (tertiary/aromatic N) is 2. The van der Waals surface area contributed by atoms with E-state index in [1.807, 2.05) is 14.1 Å². The van der Waals surface area contributed by atoms with Gasteiger partial charge in [-0.05, 0) is 33.4 Å². The molecule has 2 atom stereocenters. The summed E-state index contributed by atoms with van der Waals surface area (Å²) in [6.07, 6.45) is 3.78. The molecule has 0 bridgehead atoms. The van der Waals surface area contributed by atoms with Crippen LogP contribution in [0.2, 0.25) is 0 Å². The Hall–Kier alpha value is -0.640. The quantitative estimate of drug-likeness (QED) is 0.752. The lowest BCUT2D eigenvalue weighted by Gasteiger charge is -2.25. The Morgan fingerprint density at radius 2 is 2.24 bits per heavy atom. The molecule has 0 heterocycles. The zero-order valence-electron chi connectivity index (χ0n) is 10.7. The van der Waals surface area contributed by atoms with Crippen molar-refractivity contribution < 1.29 is 8.42 Å². The second kappa shape index (κ2) is 5.34. The first kappa shape index (κ1) is 14.4. The minimum atomic E-state index is -2.91.